The van der Waals surface area contributed by atoms with Crippen LogP contribution in [0, 0.1) is 0 Å². The van der Waals surface area contributed by atoms with Crippen LogP contribution in [-0.2, 0) is 19.8 Å². The average molecular weight is 372 g/mol. The molecule has 0 unspecified atom stereocenters. The lowest BCUT2D eigenvalue weighted by molar-refractivity contribution is -0.0739. The van der Waals surface area contributed by atoms with Crippen molar-refractivity contribution in [2.75, 3.05) is 13.2 Å². The first kappa shape index (κ1) is 17.6. The molecule has 2 fully saturated rings. The molecule has 28 heavy (non-hydrogen) atoms. The average Bonchev–Trinajstić information content (AvgIpc) is 3.55. The summed E-state index contributed by atoms with van der Waals surface area (Å²) in [6.45, 7) is 1.19. The predicted octanol–water partition coefficient (Wildman–Crippen LogP) is 4.55. The topological polar surface area (TPSA) is 31.0 Å². The molecule has 142 valence electrons. The lowest BCUT2D eigenvalue weighted by Gasteiger charge is -2.37. The van der Waals surface area contributed by atoms with Crippen LogP contribution in [0.1, 0.15) is 23.1 Å². The van der Waals surface area contributed by atoms with Gasteiger partial charge in [-0.25, -0.2) is 0 Å². The third kappa shape index (κ3) is 3.26. The monoisotopic (exact) mass is 372 g/mol. The molecular weight excluding hydrogens is 348 g/mol. The molecule has 2 aliphatic rings. The van der Waals surface area contributed by atoms with Gasteiger partial charge >= 0.3 is 0 Å². The Hall–Kier alpha value is -2.46. The van der Waals surface area contributed by atoms with E-state index in [1.54, 1.807) is 0 Å². The summed E-state index contributed by atoms with van der Waals surface area (Å²) in [5, 5.41) is 0. The van der Waals surface area contributed by atoms with Crippen LogP contribution in [0.2, 0.25) is 0 Å². The first-order chi connectivity index (χ1) is 13.9. The minimum Gasteiger partial charge on any atom is -0.373 e. The number of fused-ring (bicyclic) bond motifs is 1. The summed E-state index contributed by atoms with van der Waals surface area (Å²) in [5.41, 5.74) is 2.66. The van der Waals surface area contributed by atoms with E-state index in [0.29, 0.717) is 25.4 Å². The molecule has 0 aliphatic carbocycles. The summed E-state index contributed by atoms with van der Waals surface area (Å²) >= 11 is 0. The molecule has 3 aromatic rings. The van der Waals surface area contributed by atoms with Crippen LogP contribution in [0.15, 0.2) is 91.0 Å². The van der Waals surface area contributed by atoms with Gasteiger partial charge in [-0.05, 0) is 16.7 Å². The van der Waals surface area contributed by atoms with Crippen LogP contribution in [0.4, 0.5) is 0 Å². The largest absolute Gasteiger partial charge is 0.373 e. The lowest BCUT2D eigenvalue weighted by Crippen LogP contribution is -2.38. The highest BCUT2D eigenvalue weighted by atomic mass is 16.6. The van der Waals surface area contributed by atoms with Crippen molar-refractivity contribution in [1.29, 1.82) is 0 Å². The fraction of sp³-hybridized carbons (Fsp3) is 0.280. The molecule has 3 atom stereocenters. The summed E-state index contributed by atoms with van der Waals surface area (Å²) in [5.74, 6) is 0. The molecule has 0 aromatic heterocycles. The van der Waals surface area contributed by atoms with Crippen molar-refractivity contribution in [2.45, 2.75) is 30.3 Å². The van der Waals surface area contributed by atoms with Crippen molar-refractivity contribution in [3.8, 4) is 0 Å². The van der Waals surface area contributed by atoms with Gasteiger partial charge in [0.2, 0.25) is 0 Å². The zero-order chi connectivity index (χ0) is 18.8. The van der Waals surface area contributed by atoms with E-state index in [2.05, 4.69) is 72.8 Å². The van der Waals surface area contributed by atoms with Crippen molar-refractivity contribution in [3.05, 3.63) is 108 Å². The Morgan fingerprint density at radius 3 is 1.68 bits per heavy atom. The maximum Gasteiger partial charge on any atom is 0.143 e. The van der Waals surface area contributed by atoms with E-state index in [1.807, 2.05) is 18.2 Å². The van der Waals surface area contributed by atoms with Gasteiger partial charge in [0.1, 0.15) is 11.7 Å². The number of benzene rings is 3. The maximum absolute atomic E-state index is 6.81. The molecular formula is C25H24O3. The predicted molar refractivity (Wildman–Crippen MR) is 108 cm³/mol. The lowest BCUT2D eigenvalue weighted by atomic mass is 9.80. The number of epoxide rings is 1. The van der Waals surface area contributed by atoms with Crippen molar-refractivity contribution in [1.82, 2.24) is 0 Å². The number of ether oxygens (including phenoxy) is 3. The van der Waals surface area contributed by atoms with Gasteiger partial charge in [-0.3, -0.25) is 0 Å². The fourth-order valence-corrected chi connectivity index (χ4v) is 4.19. The second kappa shape index (κ2) is 7.51. The highest BCUT2D eigenvalue weighted by molar-refractivity contribution is 5.47. The minimum atomic E-state index is -0.686. The Bertz CT molecular complexity index is 798. The van der Waals surface area contributed by atoms with Crippen LogP contribution in [0.3, 0.4) is 0 Å². The van der Waals surface area contributed by atoms with Crippen LogP contribution >= 0.6 is 0 Å². The van der Waals surface area contributed by atoms with E-state index in [-0.39, 0.29) is 6.10 Å². The van der Waals surface area contributed by atoms with Gasteiger partial charge < -0.3 is 14.2 Å². The second-order valence-electron chi connectivity index (χ2n) is 7.49. The van der Waals surface area contributed by atoms with Crippen LogP contribution in [0.5, 0.6) is 0 Å². The first-order valence-electron chi connectivity index (χ1n) is 9.94. The Morgan fingerprint density at radius 2 is 1.21 bits per heavy atom. The third-order valence-electron chi connectivity index (χ3n) is 5.71. The van der Waals surface area contributed by atoms with Crippen molar-refractivity contribution in [3.63, 3.8) is 0 Å². The summed E-state index contributed by atoms with van der Waals surface area (Å²) in [7, 11) is 0. The molecule has 3 nitrogen and oxygen atoms in total. The molecule has 3 heteroatoms. The standard InChI is InChI=1S/C25H24O3/c1-4-10-19(11-5-1)25(20-12-6-2-7-13-20,21-14-8-3-9-15-21)27-17-22-16-23-24(28-23)18-26-22/h1-15,22-24H,16-18H2/t22-,23-,24+/m0/s1. The van der Waals surface area contributed by atoms with Gasteiger partial charge in [0.05, 0.1) is 25.4 Å². The molecule has 2 heterocycles. The number of hydrogen-bond donors (Lipinski definition) is 0. The summed E-state index contributed by atoms with van der Waals surface area (Å²) in [6.07, 6.45) is 1.61. The van der Waals surface area contributed by atoms with Crippen molar-refractivity contribution >= 4 is 0 Å². The quantitative estimate of drug-likeness (QED) is 0.470. The Balaban J connectivity index is 1.57. The van der Waals surface area contributed by atoms with Crippen molar-refractivity contribution in [2.24, 2.45) is 0 Å². The van der Waals surface area contributed by atoms with Gasteiger partial charge in [0.15, 0.2) is 0 Å². The number of rotatable bonds is 6. The Morgan fingerprint density at radius 1 is 0.714 bits per heavy atom. The van der Waals surface area contributed by atoms with Gasteiger partial charge in [-0.15, -0.1) is 0 Å². The van der Waals surface area contributed by atoms with E-state index < -0.39 is 5.60 Å². The molecule has 5 rings (SSSR count). The second-order valence-corrected chi connectivity index (χ2v) is 7.49. The third-order valence-corrected chi connectivity index (χ3v) is 5.71. The Labute approximate surface area is 165 Å². The zero-order valence-corrected chi connectivity index (χ0v) is 15.7. The van der Waals surface area contributed by atoms with Gasteiger partial charge in [0.25, 0.3) is 0 Å². The highest BCUT2D eigenvalue weighted by Crippen LogP contribution is 2.41. The van der Waals surface area contributed by atoms with Gasteiger partial charge in [-0.1, -0.05) is 91.0 Å². The van der Waals surface area contributed by atoms with Crippen LogP contribution in [-0.4, -0.2) is 31.5 Å². The molecule has 0 N–H and O–H groups in total. The molecule has 3 aromatic carbocycles. The Kier molecular flexibility index (Phi) is 4.73. The summed E-state index contributed by atoms with van der Waals surface area (Å²) in [4.78, 5) is 0. The first-order valence-corrected chi connectivity index (χ1v) is 9.94. The molecule has 2 aliphatic heterocycles. The fourth-order valence-electron chi connectivity index (χ4n) is 4.19. The van der Waals surface area contributed by atoms with E-state index in [4.69, 9.17) is 14.2 Å². The smallest absolute Gasteiger partial charge is 0.143 e. The van der Waals surface area contributed by atoms with Crippen molar-refractivity contribution < 1.29 is 14.2 Å². The van der Waals surface area contributed by atoms with E-state index in [9.17, 15) is 0 Å². The molecule has 2 saturated heterocycles. The molecule has 0 amide bonds. The van der Waals surface area contributed by atoms with Gasteiger partial charge in [0, 0.05) is 6.42 Å². The maximum atomic E-state index is 6.81. The van der Waals surface area contributed by atoms with Crippen LogP contribution in [0.25, 0.3) is 0 Å². The molecule has 0 radical (unpaired) electrons. The number of hydrogen-bond acceptors (Lipinski definition) is 3. The highest BCUT2D eigenvalue weighted by Gasteiger charge is 2.46. The summed E-state index contributed by atoms with van der Waals surface area (Å²) in [6, 6.07) is 31.4. The van der Waals surface area contributed by atoms with E-state index >= 15 is 0 Å². The zero-order valence-electron chi connectivity index (χ0n) is 15.7. The van der Waals surface area contributed by atoms with Gasteiger partial charge in [-0.2, -0.15) is 0 Å². The van der Waals surface area contributed by atoms with E-state index in [0.717, 1.165) is 23.1 Å². The summed E-state index contributed by atoms with van der Waals surface area (Å²) < 4.78 is 18.4. The molecule has 0 bridgehead atoms. The minimum absolute atomic E-state index is 0.0549. The van der Waals surface area contributed by atoms with E-state index in [1.165, 1.54) is 0 Å². The molecule has 0 saturated carbocycles. The SMILES string of the molecule is c1ccc(C(OC[C@@H]2C[C@@H]3O[C@@H]3CO2)(c2ccccc2)c2ccccc2)cc1. The molecule has 0 spiro atoms. The normalized spacial score (nSPS) is 23.8. The van der Waals surface area contributed by atoms with Crippen LogP contribution < -0.4 is 0 Å².